The number of aryl methyl sites for hydroxylation is 1. The van der Waals surface area contributed by atoms with E-state index >= 15 is 0 Å². The quantitative estimate of drug-likeness (QED) is 0.0399. The zero-order valence-corrected chi connectivity index (χ0v) is 36.0. The number of carbonyl (C=O) groups excluding carboxylic acids is 2. The highest BCUT2D eigenvalue weighted by atomic mass is 16.7. The molecule has 0 saturated heterocycles. The van der Waals surface area contributed by atoms with Crippen molar-refractivity contribution in [1.82, 2.24) is 4.90 Å². The summed E-state index contributed by atoms with van der Waals surface area (Å²) in [5.74, 6) is -0.274. The summed E-state index contributed by atoms with van der Waals surface area (Å²) in [5, 5.41) is 9.55. The van der Waals surface area contributed by atoms with Gasteiger partial charge in [0.05, 0.1) is 19.6 Å². The highest BCUT2D eigenvalue weighted by Gasteiger charge is 2.14. The molecule has 8 nitrogen and oxygen atoms in total. The molecule has 1 aromatic carbocycles. The predicted octanol–water partition coefficient (Wildman–Crippen LogP) is 11.7. The number of unbranched alkanes of at least 4 members (excludes halogenated alkanes) is 18. The average molecular weight is 776 g/mol. The molecule has 0 atom stereocenters. The molecule has 0 unspecified atom stereocenters. The highest BCUT2D eigenvalue weighted by Crippen LogP contribution is 2.14. The van der Waals surface area contributed by atoms with Gasteiger partial charge in [-0.3, -0.25) is 9.59 Å². The van der Waals surface area contributed by atoms with Gasteiger partial charge >= 0.3 is 11.9 Å². The van der Waals surface area contributed by atoms with Gasteiger partial charge in [-0.05, 0) is 75.6 Å². The standard InChI is InChI=1S/C47H85NO7/c1-4-7-10-12-18-25-40-53-47(54-41-26-19-13-11-8-5-2)34-33-46(51)52-39-24-20-17-23-36-48(37-38-49)35-22-16-14-15-21-28-45(50)55-42-44-31-29-43(30-32-44)27-9-6-3/h29-32,47,49H,4-28,33-42H2,1-3H3. The summed E-state index contributed by atoms with van der Waals surface area (Å²) < 4.78 is 23.2. The van der Waals surface area contributed by atoms with E-state index in [1.807, 2.05) is 0 Å². The fourth-order valence-electron chi connectivity index (χ4n) is 6.72. The van der Waals surface area contributed by atoms with Crippen molar-refractivity contribution in [3.05, 3.63) is 35.4 Å². The molecule has 0 aromatic heterocycles. The zero-order chi connectivity index (χ0) is 39.9. The van der Waals surface area contributed by atoms with E-state index < -0.39 is 0 Å². The number of aliphatic hydroxyl groups is 1. The monoisotopic (exact) mass is 776 g/mol. The van der Waals surface area contributed by atoms with Gasteiger partial charge in [0, 0.05) is 32.6 Å². The number of aliphatic hydroxyl groups excluding tert-OH is 1. The lowest BCUT2D eigenvalue weighted by molar-refractivity contribution is -0.159. The maximum absolute atomic E-state index is 12.5. The second-order valence-electron chi connectivity index (χ2n) is 15.5. The van der Waals surface area contributed by atoms with Gasteiger partial charge in [0.15, 0.2) is 6.29 Å². The number of esters is 2. The summed E-state index contributed by atoms with van der Waals surface area (Å²) in [6.07, 6.45) is 28.5. The second-order valence-corrected chi connectivity index (χ2v) is 15.5. The molecule has 1 aromatic rings. The van der Waals surface area contributed by atoms with Crippen LogP contribution >= 0.6 is 0 Å². The molecule has 0 aliphatic carbocycles. The third-order valence-corrected chi connectivity index (χ3v) is 10.3. The van der Waals surface area contributed by atoms with Crippen LogP contribution in [0.4, 0.5) is 0 Å². The third kappa shape index (κ3) is 32.8. The summed E-state index contributed by atoms with van der Waals surface area (Å²) in [6.45, 7) is 11.7. The van der Waals surface area contributed by atoms with E-state index in [2.05, 4.69) is 49.9 Å². The Labute approximate surface area is 338 Å². The molecule has 0 bridgehead atoms. The maximum Gasteiger partial charge on any atom is 0.306 e. The van der Waals surface area contributed by atoms with Crippen LogP contribution in [0, 0.1) is 0 Å². The molecule has 0 saturated carbocycles. The van der Waals surface area contributed by atoms with Gasteiger partial charge in [0.2, 0.25) is 0 Å². The first-order chi connectivity index (χ1) is 27.0. The smallest absolute Gasteiger partial charge is 0.306 e. The molecular formula is C47H85NO7. The summed E-state index contributed by atoms with van der Waals surface area (Å²) in [4.78, 5) is 27.0. The van der Waals surface area contributed by atoms with Crippen LogP contribution in [0.3, 0.4) is 0 Å². The minimum atomic E-state index is -0.328. The molecule has 0 aliphatic heterocycles. The van der Waals surface area contributed by atoms with E-state index in [1.165, 1.54) is 82.6 Å². The summed E-state index contributed by atoms with van der Waals surface area (Å²) in [5.41, 5.74) is 2.39. The Morgan fingerprint density at radius 3 is 1.56 bits per heavy atom. The molecule has 8 heteroatoms. The minimum absolute atomic E-state index is 0.112. The van der Waals surface area contributed by atoms with Gasteiger partial charge in [0.1, 0.15) is 6.61 Å². The van der Waals surface area contributed by atoms with Gasteiger partial charge in [-0.15, -0.1) is 0 Å². The van der Waals surface area contributed by atoms with Crippen LogP contribution in [0.2, 0.25) is 0 Å². The number of nitrogens with zero attached hydrogens (tertiary/aromatic N) is 1. The van der Waals surface area contributed by atoms with Crippen molar-refractivity contribution in [2.24, 2.45) is 0 Å². The van der Waals surface area contributed by atoms with Crippen molar-refractivity contribution in [1.29, 1.82) is 0 Å². The molecule has 0 amide bonds. The van der Waals surface area contributed by atoms with Crippen molar-refractivity contribution >= 4 is 11.9 Å². The van der Waals surface area contributed by atoms with Crippen LogP contribution in [-0.2, 0) is 41.6 Å². The first kappa shape index (κ1) is 51.0. The van der Waals surface area contributed by atoms with Crippen LogP contribution in [0.15, 0.2) is 24.3 Å². The Kier molecular flexibility index (Phi) is 36.0. The first-order valence-electron chi connectivity index (χ1n) is 23.0. The van der Waals surface area contributed by atoms with Gasteiger partial charge in [-0.2, -0.15) is 0 Å². The Balaban J connectivity index is 2.11. The van der Waals surface area contributed by atoms with Crippen LogP contribution in [-0.4, -0.2) is 74.3 Å². The van der Waals surface area contributed by atoms with Gasteiger partial charge in [-0.1, -0.05) is 148 Å². The normalized spacial score (nSPS) is 11.5. The van der Waals surface area contributed by atoms with E-state index in [0.29, 0.717) is 52.2 Å². The topological polar surface area (TPSA) is 94.5 Å². The minimum Gasteiger partial charge on any atom is -0.466 e. The highest BCUT2D eigenvalue weighted by molar-refractivity contribution is 5.69. The summed E-state index contributed by atoms with van der Waals surface area (Å²) >= 11 is 0. The van der Waals surface area contributed by atoms with Crippen molar-refractivity contribution in [2.75, 3.05) is 46.1 Å². The molecule has 0 radical (unpaired) electrons. The van der Waals surface area contributed by atoms with E-state index in [1.54, 1.807) is 0 Å². The Morgan fingerprint density at radius 1 is 0.527 bits per heavy atom. The molecule has 0 fully saturated rings. The lowest BCUT2D eigenvalue weighted by Crippen LogP contribution is -2.29. The van der Waals surface area contributed by atoms with E-state index in [-0.39, 0.29) is 24.8 Å². The summed E-state index contributed by atoms with van der Waals surface area (Å²) in [6, 6.07) is 8.41. The molecular weight excluding hydrogens is 691 g/mol. The second kappa shape index (κ2) is 38.9. The largest absolute Gasteiger partial charge is 0.466 e. The lowest BCUT2D eigenvalue weighted by atomic mass is 10.1. The first-order valence-corrected chi connectivity index (χ1v) is 23.0. The Hall–Kier alpha value is -2.00. The van der Waals surface area contributed by atoms with Crippen molar-refractivity contribution < 1.29 is 33.6 Å². The van der Waals surface area contributed by atoms with Gasteiger partial charge in [0.25, 0.3) is 0 Å². The summed E-state index contributed by atoms with van der Waals surface area (Å²) in [7, 11) is 0. The van der Waals surface area contributed by atoms with Crippen LogP contribution in [0.1, 0.15) is 199 Å². The number of benzene rings is 1. The van der Waals surface area contributed by atoms with E-state index in [4.69, 9.17) is 18.9 Å². The van der Waals surface area contributed by atoms with Crippen molar-refractivity contribution in [2.45, 2.75) is 207 Å². The van der Waals surface area contributed by atoms with Crippen LogP contribution < -0.4 is 0 Å². The Morgan fingerprint density at radius 2 is 1.00 bits per heavy atom. The fourth-order valence-corrected chi connectivity index (χ4v) is 6.72. The number of carbonyl (C=O) groups is 2. The Bertz CT molecular complexity index is 970. The number of hydrogen-bond donors (Lipinski definition) is 1. The van der Waals surface area contributed by atoms with Crippen LogP contribution in [0.25, 0.3) is 0 Å². The predicted molar refractivity (Wildman–Crippen MR) is 227 cm³/mol. The van der Waals surface area contributed by atoms with Crippen molar-refractivity contribution in [3.63, 3.8) is 0 Å². The van der Waals surface area contributed by atoms with Gasteiger partial charge in [-0.25, -0.2) is 0 Å². The van der Waals surface area contributed by atoms with Crippen LogP contribution in [0.5, 0.6) is 0 Å². The molecule has 0 aliphatic rings. The number of hydrogen-bond acceptors (Lipinski definition) is 8. The molecule has 1 N–H and O–H groups in total. The van der Waals surface area contributed by atoms with Crippen molar-refractivity contribution in [3.8, 4) is 0 Å². The molecule has 0 heterocycles. The third-order valence-electron chi connectivity index (χ3n) is 10.3. The van der Waals surface area contributed by atoms with E-state index in [9.17, 15) is 14.7 Å². The molecule has 55 heavy (non-hydrogen) atoms. The fraction of sp³-hybridized carbons (Fsp3) is 0.830. The van der Waals surface area contributed by atoms with Gasteiger partial charge < -0.3 is 29.0 Å². The average Bonchev–Trinajstić information content (AvgIpc) is 3.19. The number of rotatable bonds is 41. The molecule has 320 valence electrons. The SMILES string of the molecule is CCCCCCCCOC(CCC(=O)OCCCCCCN(CCO)CCCCCCCC(=O)OCc1ccc(CCCC)cc1)OCCCCCCCC. The van der Waals surface area contributed by atoms with E-state index in [0.717, 1.165) is 95.7 Å². The maximum atomic E-state index is 12.5. The number of ether oxygens (including phenoxy) is 4. The zero-order valence-electron chi connectivity index (χ0n) is 36.0. The lowest BCUT2D eigenvalue weighted by Gasteiger charge is -2.21. The molecule has 0 spiro atoms. The molecule has 1 rings (SSSR count).